The van der Waals surface area contributed by atoms with Crippen molar-refractivity contribution in [3.05, 3.63) is 34.9 Å². The van der Waals surface area contributed by atoms with Gasteiger partial charge in [-0.2, -0.15) is 0 Å². The molecule has 0 aliphatic carbocycles. The van der Waals surface area contributed by atoms with E-state index in [9.17, 15) is 13.8 Å². The third-order valence-electron chi connectivity index (χ3n) is 2.84. The van der Waals surface area contributed by atoms with Gasteiger partial charge < -0.3 is 4.74 Å². The summed E-state index contributed by atoms with van der Waals surface area (Å²) in [7, 11) is -1.24. The monoisotopic (exact) mass is 310 g/mol. The molecule has 21 heavy (non-hydrogen) atoms. The summed E-state index contributed by atoms with van der Waals surface area (Å²) < 4.78 is 16.7. The minimum Gasteiger partial charge on any atom is -0.466 e. The average molecular weight is 310 g/mol. The standard InChI is InChI=1S/C16H22O4S/c1-4-20-16(18)6-5-15(17)11-21(19)10-14-8-12(2)7-13(3)9-14/h7-9H,4-6,10-11H2,1-3H3. The van der Waals surface area contributed by atoms with E-state index in [0.717, 1.165) is 16.7 Å². The van der Waals surface area contributed by atoms with E-state index in [1.165, 1.54) is 0 Å². The quantitative estimate of drug-likeness (QED) is 0.692. The number of rotatable bonds is 8. The molecule has 0 aliphatic heterocycles. The van der Waals surface area contributed by atoms with Crippen LogP contribution in [0.4, 0.5) is 0 Å². The van der Waals surface area contributed by atoms with Crippen LogP contribution in [0.5, 0.6) is 0 Å². The van der Waals surface area contributed by atoms with Crippen LogP contribution in [0.2, 0.25) is 0 Å². The SMILES string of the molecule is CCOC(=O)CCC(=O)CS(=O)Cc1cc(C)cc(C)c1. The van der Waals surface area contributed by atoms with Gasteiger partial charge in [0, 0.05) is 23.0 Å². The Morgan fingerprint density at radius 1 is 1.10 bits per heavy atom. The summed E-state index contributed by atoms with van der Waals surface area (Å²) in [6.45, 7) is 6.01. The molecule has 0 fully saturated rings. The molecule has 1 aromatic carbocycles. The normalized spacial score (nSPS) is 12.0. The molecule has 1 rings (SSSR count). The average Bonchev–Trinajstić information content (AvgIpc) is 2.35. The van der Waals surface area contributed by atoms with Gasteiger partial charge in [-0.15, -0.1) is 0 Å². The molecule has 0 spiro atoms. The first kappa shape index (κ1) is 17.6. The predicted molar refractivity (Wildman–Crippen MR) is 83.5 cm³/mol. The van der Waals surface area contributed by atoms with Gasteiger partial charge in [0.15, 0.2) is 0 Å². The smallest absolute Gasteiger partial charge is 0.306 e. The van der Waals surface area contributed by atoms with Gasteiger partial charge in [0.05, 0.1) is 18.8 Å². The molecule has 0 saturated carbocycles. The van der Waals surface area contributed by atoms with Crippen molar-refractivity contribution in [2.45, 2.75) is 39.4 Å². The molecule has 1 unspecified atom stereocenters. The lowest BCUT2D eigenvalue weighted by molar-refractivity contribution is -0.144. The number of benzene rings is 1. The number of hydrogen-bond acceptors (Lipinski definition) is 4. The van der Waals surface area contributed by atoms with Crippen LogP contribution in [0.3, 0.4) is 0 Å². The number of carbonyl (C=O) groups is 2. The van der Waals surface area contributed by atoms with Crippen molar-refractivity contribution >= 4 is 22.6 Å². The summed E-state index contributed by atoms with van der Waals surface area (Å²) in [4.78, 5) is 22.8. The molecular weight excluding hydrogens is 288 g/mol. The fraction of sp³-hybridized carbons (Fsp3) is 0.500. The zero-order chi connectivity index (χ0) is 15.8. The Balaban J connectivity index is 2.42. The van der Waals surface area contributed by atoms with Crippen LogP contribution in [-0.2, 0) is 30.9 Å². The second-order valence-corrected chi connectivity index (χ2v) is 6.53. The minimum absolute atomic E-state index is 0.00755. The topological polar surface area (TPSA) is 60.4 Å². The van der Waals surface area contributed by atoms with E-state index in [-0.39, 0.29) is 30.3 Å². The van der Waals surface area contributed by atoms with Gasteiger partial charge in [-0.3, -0.25) is 13.8 Å². The molecule has 0 bridgehead atoms. The van der Waals surface area contributed by atoms with Gasteiger partial charge >= 0.3 is 5.97 Å². The summed E-state index contributed by atoms with van der Waals surface area (Å²) in [6.07, 6.45) is 0.158. The van der Waals surface area contributed by atoms with E-state index in [1.807, 2.05) is 26.0 Å². The molecule has 0 amide bonds. The molecule has 0 N–H and O–H groups in total. The Morgan fingerprint density at radius 2 is 1.71 bits per heavy atom. The minimum atomic E-state index is -1.24. The van der Waals surface area contributed by atoms with E-state index in [4.69, 9.17) is 4.74 Å². The van der Waals surface area contributed by atoms with Crippen LogP contribution >= 0.6 is 0 Å². The predicted octanol–water partition coefficient (Wildman–Crippen LogP) is 2.46. The molecule has 1 aromatic rings. The van der Waals surface area contributed by atoms with Gasteiger partial charge in [0.25, 0.3) is 0 Å². The highest BCUT2D eigenvalue weighted by Crippen LogP contribution is 2.11. The third kappa shape index (κ3) is 7.18. The zero-order valence-corrected chi connectivity index (χ0v) is 13.6. The molecule has 1 atom stereocenters. The summed E-state index contributed by atoms with van der Waals surface area (Å²) in [6, 6.07) is 6.01. The van der Waals surface area contributed by atoms with Crippen LogP contribution in [-0.4, -0.2) is 28.3 Å². The van der Waals surface area contributed by atoms with Gasteiger partial charge in [0.2, 0.25) is 0 Å². The zero-order valence-electron chi connectivity index (χ0n) is 12.8. The van der Waals surface area contributed by atoms with Crippen LogP contribution in [0.15, 0.2) is 18.2 Å². The van der Waals surface area contributed by atoms with Crippen molar-refractivity contribution in [2.24, 2.45) is 0 Å². The first-order valence-corrected chi connectivity index (χ1v) is 8.49. The molecule has 0 aromatic heterocycles. The molecule has 5 heteroatoms. The number of carbonyl (C=O) groups excluding carboxylic acids is 2. The second kappa shape index (κ2) is 8.72. The third-order valence-corrected chi connectivity index (χ3v) is 4.14. The van der Waals surface area contributed by atoms with Crippen molar-refractivity contribution in [1.82, 2.24) is 0 Å². The molecule has 4 nitrogen and oxygen atoms in total. The maximum Gasteiger partial charge on any atom is 0.306 e. The number of ether oxygens (including phenoxy) is 1. The van der Waals surface area contributed by atoms with Crippen LogP contribution < -0.4 is 0 Å². The number of esters is 1. The Hall–Kier alpha value is -1.49. The summed E-state index contributed by atoms with van der Waals surface area (Å²) >= 11 is 0. The molecular formula is C16H22O4S. The van der Waals surface area contributed by atoms with Crippen LogP contribution in [0.25, 0.3) is 0 Å². The van der Waals surface area contributed by atoms with E-state index in [1.54, 1.807) is 6.92 Å². The largest absolute Gasteiger partial charge is 0.466 e. The highest BCUT2D eigenvalue weighted by atomic mass is 32.2. The lowest BCUT2D eigenvalue weighted by atomic mass is 10.1. The second-order valence-electron chi connectivity index (χ2n) is 5.07. The van der Waals surface area contributed by atoms with E-state index in [2.05, 4.69) is 6.07 Å². The van der Waals surface area contributed by atoms with Crippen molar-refractivity contribution < 1.29 is 18.5 Å². The lowest BCUT2D eigenvalue weighted by Gasteiger charge is -2.05. The first-order chi connectivity index (χ1) is 9.90. The summed E-state index contributed by atoms with van der Waals surface area (Å²) in [5.41, 5.74) is 3.22. The highest BCUT2D eigenvalue weighted by molar-refractivity contribution is 7.84. The van der Waals surface area contributed by atoms with Crippen molar-refractivity contribution in [3.8, 4) is 0 Å². The Morgan fingerprint density at radius 3 is 2.29 bits per heavy atom. The van der Waals surface area contributed by atoms with Crippen LogP contribution in [0.1, 0.15) is 36.5 Å². The van der Waals surface area contributed by atoms with Gasteiger partial charge in [0.1, 0.15) is 5.78 Å². The van der Waals surface area contributed by atoms with Gasteiger partial charge in [-0.25, -0.2) is 0 Å². The number of Topliss-reactive ketones (excluding diaryl/α,β-unsaturated/α-hetero) is 1. The molecule has 116 valence electrons. The molecule has 0 saturated heterocycles. The summed E-state index contributed by atoms with van der Waals surface area (Å²) in [5, 5.41) is 0. The maximum absolute atomic E-state index is 12.0. The number of aryl methyl sites for hydroxylation is 2. The van der Waals surface area contributed by atoms with Crippen LogP contribution in [0, 0.1) is 13.8 Å². The first-order valence-electron chi connectivity index (χ1n) is 7.00. The number of ketones is 1. The molecule has 0 aliphatic rings. The highest BCUT2D eigenvalue weighted by Gasteiger charge is 2.12. The Bertz CT molecular complexity index is 517. The van der Waals surface area contributed by atoms with E-state index in [0.29, 0.717) is 12.4 Å². The number of hydrogen-bond donors (Lipinski definition) is 0. The van der Waals surface area contributed by atoms with E-state index < -0.39 is 10.8 Å². The van der Waals surface area contributed by atoms with Crippen molar-refractivity contribution in [1.29, 1.82) is 0 Å². The fourth-order valence-corrected chi connectivity index (χ4v) is 3.26. The molecule has 0 radical (unpaired) electrons. The fourth-order valence-electron chi connectivity index (χ4n) is 2.12. The maximum atomic E-state index is 12.0. The summed E-state index contributed by atoms with van der Waals surface area (Å²) in [5.74, 6) is -0.184. The molecule has 0 heterocycles. The van der Waals surface area contributed by atoms with Crippen molar-refractivity contribution in [3.63, 3.8) is 0 Å². The lowest BCUT2D eigenvalue weighted by Crippen LogP contribution is -2.14. The Kier molecular flexibility index (Phi) is 7.29. The van der Waals surface area contributed by atoms with Gasteiger partial charge in [-0.05, 0) is 26.3 Å². The van der Waals surface area contributed by atoms with Gasteiger partial charge in [-0.1, -0.05) is 29.3 Å². The Labute approximate surface area is 128 Å². The van der Waals surface area contributed by atoms with Crippen molar-refractivity contribution in [2.75, 3.05) is 12.4 Å². The van der Waals surface area contributed by atoms with E-state index >= 15 is 0 Å².